The zero-order chi connectivity index (χ0) is 21.1. The molecule has 0 bridgehead atoms. The van der Waals surface area contributed by atoms with Gasteiger partial charge < -0.3 is 9.15 Å². The largest absolute Gasteiger partial charge is 0.469 e. The van der Waals surface area contributed by atoms with Crippen molar-refractivity contribution in [1.29, 1.82) is 5.26 Å². The molecule has 0 saturated carbocycles. The molecule has 0 spiro atoms. The quantitative estimate of drug-likeness (QED) is 0.286. The average Bonchev–Trinajstić information content (AvgIpc) is 3.04. The first kappa shape index (κ1) is 21.1. The Bertz CT molecular complexity index is 922. The van der Waals surface area contributed by atoms with Gasteiger partial charge in [-0.15, -0.1) is 0 Å². The van der Waals surface area contributed by atoms with Crippen molar-refractivity contribution in [1.82, 2.24) is 0 Å². The number of halogens is 6. The first-order valence-corrected chi connectivity index (χ1v) is 7.54. The van der Waals surface area contributed by atoms with Gasteiger partial charge in [-0.2, -0.15) is 27.2 Å². The zero-order valence-corrected chi connectivity index (χ0v) is 14.1. The Hall–Kier alpha value is -3.22. The lowest BCUT2D eigenvalue weighted by Crippen LogP contribution is -2.45. The highest BCUT2D eigenvalue weighted by Gasteiger charge is 2.59. The molecule has 1 aromatic heterocycles. The van der Waals surface area contributed by atoms with Gasteiger partial charge in [-0.3, -0.25) is 4.79 Å². The summed E-state index contributed by atoms with van der Waals surface area (Å²) in [6.45, 7) is 1.52. The summed E-state index contributed by atoms with van der Waals surface area (Å²) in [4.78, 5) is 12.3. The van der Waals surface area contributed by atoms with E-state index < -0.39 is 30.0 Å². The van der Waals surface area contributed by atoms with Crippen molar-refractivity contribution in [3.8, 4) is 11.8 Å². The lowest BCUT2D eigenvalue weighted by atomic mass is 10.0. The van der Waals surface area contributed by atoms with Gasteiger partial charge in [0, 0.05) is 0 Å². The maximum Gasteiger partial charge on any atom is 0.439 e. The van der Waals surface area contributed by atoms with E-state index in [1.165, 1.54) is 19.3 Å². The van der Waals surface area contributed by atoms with E-state index in [1.54, 1.807) is 6.07 Å². The summed E-state index contributed by atoms with van der Waals surface area (Å²) >= 11 is 0. The van der Waals surface area contributed by atoms with Crippen LogP contribution >= 0.6 is 0 Å². The van der Waals surface area contributed by atoms with E-state index in [9.17, 15) is 31.1 Å². The molecule has 2 rings (SSSR count). The highest BCUT2D eigenvalue weighted by molar-refractivity contribution is 6.14. The third kappa shape index (κ3) is 4.73. The van der Waals surface area contributed by atoms with Gasteiger partial charge in [-0.1, -0.05) is 12.1 Å². The van der Waals surface area contributed by atoms with Gasteiger partial charge in [-0.25, -0.2) is 4.39 Å². The van der Waals surface area contributed by atoms with E-state index in [4.69, 9.17) is 9.68 Å². The van der Waals surface area contributed by atoms with Crippen LogP contribution in [0.1, 0.15) is 21.7 Å². The lowest BCUT2D eigenvalue weighted by Gasteiger charge is -2.23. The van der Waals surface area contributed by atoms with Gasteiger partial charge >= 0.3 is 12.3 Å². The molecule has 2 aromatic rings. The molecule has 1 heterocycles. The second-order valence-electron chi connectivity index (χ2n) is 5.53. The number of ether oxygens (including phenoxy) is 1. The molecule has 0 unspecified atom stereocenters. The van der Waals surface area contributed by atoms with E-state index >= 15 is 0 Å². The highest BCUT2D eigenvalue weighted by atomic mass is 19.4. The Morgan fingerprint density at radius 3 is 2.25 bits per heavy atom. The standard InChI is InChI=1S/C18H11F6NO3/c1-10-14(6-7-27-10)15(26)12(9-25)8-11-2-4-13(5-3-11)28-18(23,24)16(19)17(20,21)22/h2-8,16H,1H3/b12-8+/t16-/m0/s1. The van der Waals surface area contributed by atoms with Crippen LogP contribution in [0.25, 0.3) is 6.08 Å². The Morgan fingerprint density at radius 2 is 1.79 bits per heavy atom. The number of nitrogens with zero attached hydrogens (tertiary/aromatic N) is 1. The van der Waals surface area contributed by atoms with Crippen molar-refractivity contribution in [2.24, 2.45) is 0 Å². The number of nitriles is 1. The minimum atomic E-state index is -5.79. The molecule has 1 atom stereocenters. The van der Waals surface area contributed by atoms with Gasteiger partial charge in [0.2, 0.25) is 5.78 Å². The number of hydrogen-bond acceptors (Lipinski definition) is 4. The number of Topliss-reactive ketones (excluding diaryl/α,β-unsaturated/α-hetero) is 1. The third-order valence-electron chi connectivity index (χ3n) is 3.50. The maximum atomic E-state index is 13.2. The normalized spacial score (nSPS) is 13.7. The molecule has 28 heavy (non-hydrogen) atoms. The van der Waals surface area contributed by atoms with Crippen LogP contribution in [-0.4, -0.2) is 24.2 Å². The van der Waals surface area contributed by atoms with Gasteiger partial charge in [0.15, 0.2) is 0 Å². The minimum Gasteiger partial charge on any atom is -0.469 e. The number of allylic oxidation sites excluding steroid dienone is 1. The van der Waals surface area contributed by atoms with Gasteiger partial charge in [-0.05, 0) is 36.8 Å². The molecule has 0 radical (unpaired) electrons. The summed E-state index contributed by atoms with van der Waals surface area (Å²) in [5.74, 6) is -1.07. The molecule has 0 fully saturated rings. The number of rotatable bonds is 6. The van der Waals surface area contributed by atoms with Crippen molar-refractivity contribution in [2.45, 2.75) is 25.4 Å². The summed E-state index contributed by atoms with van der Waals surface area (Å²) in [6, 6.07) is 6.99. The first-order valence-electron chi connectivity index (χ1n) is 7.54. The predicted molar refractivity (Wildman–Crippen MR) is 84.3 cm³/mol. The summed E-state index contributed by atoms with van der Waals surface area (Å²) < 4.78 is 84.4. The number of carbonyl (C=O) groups is 1. The summed E-state index contributed by atoms with van der Waals surface area (Å²) in [5.41, 5.74) is 0.0762. The molecule has 10 heteroatoms. The van der Waals surface area contributed by atoms with Crippen LogP contribution < -0.4 is 4.74 Å². The fourth-order valence-corrected chi connectivity index (χ4v) is 2.11. The molecule has 0 aliphatic rings. The van der Waals surface area contributed by atoms with Crippen molar-refractivity contribution >= 4 is 11.9 Å². The minimum absolute atomic E-state index is 0.161. The van der Waals surface area contributed by atoms with Crippen LogP contribution in [-0.2, 0) is 0 Å². The number of furan rings is 1. The summed E-state index contributed by atoms with van der Waals surface area (Å²) in [6.07, 6.45) is -13.0. The first-order chi connectivity index (χ1) is 13.0. The van der Waals surface area contributed by atoms with Gasteiger partial charge in [0.1, 0.15) is 23.2 Å². The second kappa shape index (κ2) is 7.80. The van der Waals surface area contributed by atoms with Crippen molar-refractivity contribution in [2.75, 3.05) is 0 Å². The SMILES string of the molecule is Cc1occc1C(=O)/C(C#N)=C/c1ccc(OC(F)(F)[C@@H](F)C(F)(F)F)cc1. The van der Waals surface area contributed by atoms with Gasteiger partial charge in [0.25, 0.3) is 6.17 Å². The Labute approximate surface area is 154 Å². The molecule has 0 amide bonds. The zero-order valence-electron chi connectivity index (χ0n) is 14.1. The van der Waals surface area contributed by atoms with Crippen LogP contribution in [0.5, 0.6) is 5.75 Å². The van der Waals surface area contributed by atoms with Crippen molar-refractivity contribution in [3.05, 3.63) is 59.1 Å². The molecule has 0 saturated heterocycles. The fraction of sp³-hybridized carbons (Fsp3) is 0.222. The number of carbonyl (C=O) groups excluding carboxylic acids is 1. The molecule has 0 aliphatic carbocycles. The fourth-order valence-electron chi connectivity index (χ4n) is 2.11. The summed E-state index contributed by atoms with van der Waals surface area (Å²) in [5, 5.41) is 9.15. The topological polar surface area (TPSA) is 63.2 Å². The molecule has 4 nitrogen and oxygen atoms in total. The molecule has 0 N–H and O–H groups in total. The Balaban J connectivity index is 2.20. The van der Waals surface area contributed by atoms with E-state index in [2.05, 4.69) is 4.74 Å². The lowest BCUT2D eigenvalue weighted by molar-refractivity contribution is -0.304. The smallest absolute Gasteiger partial charge is 0.439 e. The number of ketones is 1. The van der Waals surface area contributed by atoms with Crippen molar-refractivity contribution in [3.63, 3.8) is 0 Å². The predicted octanol–water partition coefficient (Wildman–Crippen LogP) is 5.25. The summed E-state index contributed by atoms with van der Waals surface area (Å²) in [7, 11) is 0. The number of benzene rings is 1. The van der Waals surface area contributed by atoms with E-state index in [-0.39, 0.29) is 16.7 Å². The van der Waals surface area contributed by atoms with Crippen LogP contribution in [0.2, 0.25) is 0 Å². The molecule has 0 aliphatic heterocycles. The van der Waals surface area contributed by atoms with Gasteiger partial charge in [0.05, 0.1) is 11.8 Å². The second-order valence-corrected chi connectivity index (χ2v) is 5.53. The molecule has 1 aromatic carbocycles. The third-order valence-corrected chi connectivity index (χ3v) is 3.50. The number of alkyl halides is 6. The van der Waals surface area contributed by atoms with Crippen molar-refractivity contribution < 1.29 is 40.3 Å². The van der Waals surface area contributed by atoms with E-state index in [1.807, 2.05) is 0 Å². The molecular weight excluding hydrogens is 392 g/mol. The molecular formula is C18H11F6NO3. The Kier molecular flexibility index (Phi) is 5.87. The number of hydrogen-bond donors (Lipinski definition) is 0. The van der Waals surface area contributed by atoms with Crippen LogP contribution in [0.3, 0.4) is 0 Å². The van der Waals surface area contributed by atoms with Crippen LogP contribution in [0, 0.1) is 18.3 Å². The number of aryl methyl sites for hydroxylation is 1. The maximum absolute atomic E-state index is 13.2. The Morgan fingerprint density at radius 1 is 1.18 bits per heavy atom. The molecule has 148 valence electrons. The van der Waals surface area contributed by atoms with Crippen LogP contribution in [0.4, 0.5) is 26.3 Å². The van der Waals surface area contributed by atoms with E-state index in [0.29, 0.717) is 5.76 Å². The monoisotopic (exact) mass is 403 g/mol. The van der Waals surface area contributed by atoms with E-state index in [0.717, 1.165) is 30.3 Å². The average molecular weight is 403 g/mol. The highest BCUT2D eigenvalue weighted by Crippen LogP contribution is 2.36. The van der Waals surface area contributed by atoms with Crippen LogP contribution in [0.15, 0.2) is 46.6 Å².